The number of carbonyl (C=O) groups excluding carboxylic acids is 1. The average molecular weight is 447 g/mol. The van der Waals surface area contributed by atoms with Crippen LogP contribution in [0.15, 0.2) is 41.3 Å². The van der Waals surface area contributed by atoms with Gasteiger partial charge in [-0.1, -0.05) is 12.1 Å². The van der Waals surface area contributed by atoms with Crippen molar-refractivity contribution in [2.45, 2.75) is 30.8 Å². The van der Waals surface area contributed by atoms with Crippen molar-refractivity contribution in [3.05, 3.63) is 58.1 Å². The molecular formula is C22H28N3O5S+. The summed E-state index contributed by atoms with van der Waals surface area (Å²) < 4.78 is 10.5. The Balaban J connectivity index is 1.48. The lowest BCUT2D eigenvalue weighted by atomic mass is 10.1. The number of unbranched alkanes of at least 4 members (excludes halogenated alkanes) is 1. The number of esters is 1. The first-order valence-electron chi connectivity index (χ1n) is 10.2. The highest BCUT2D eigenvalue weighted by Crippen LogP contribution is 2.28. The number of hydrogen-bond donors (Lipinski definition) is 0. The summed E-state index contributed by atoms with van der Waals surface area (Å²) in [6, 6.07) is 11.5. The molecule has 2 heterocycles. The van der Waals surface area contributed by atoms with Crippen molar-refractivity contribution in [2.75, 3.05) is 39.7 Å². The number of ether oxygens (including phenoxy) is 2. The summed E-state index contributed by atoms with van der Waals surface area (Å²) in [6.07, 6.45) is 1.29. The highest BCUT2D eigenvalue weighted by atomic mass is 32.2. The third kappa shape index (κ3) is 7.22. The number of aromatic nitrogens is 1. The number of hydrogen-bond acceptors (Lipinski definition) is 8. The Hall–Kier alpha value is -2.65. The van der Waals surface area contributed by atoms with Crippen LogP contribution in [0.1, 0.15) is 34.5 Å². The van der Waals surface area contributed by atoms with E-state index in [2.05, 4.69) is 16.0 Å². The monoisotopic (exact) mass is 446 g/mol. The van der Waals surface area contributed by atoms with Crippen molar-refractivity contribution in [1.29, 1.82) is 0 Å². The molecule has 31 heavy (non-hydrogen) atoms. The smallest absolute Gasteiger partial charge is 0.338 e. The van der Waals surface area contributed by atoms with Crippen LogP contribution in [0.4, 0.5) is 0 Å². The molecule has 1 aliphatic heterocycles. The maximum Gasteiger partial charge on any atom is 0.338 e. The van der Waals surface area contributed by atoms with Crippen molar-refractivity contribution < 1.29 is 24.0 Å². The number of thioether (sulfide) groups is 1. The van der Waals surface area contributed by atoms with Crippen LogP contribution in [0.5, 0.6) is 5.88 Å². The lowest BCUT2D eigenvalue weighted by molar-refractivity contribution is -0.784. The van der Waals surface area contributed by atoms with Crippen molar-refractivity contribution >= 4 is 17.7 Å². The molecule has 0 unspecified atom stereocenters. The minimum Gasteiger partial charge on any atom is -0.481 e. The second-order valence-electron chi connectivity index (χ2n) is 7.17. The third-order valence-electron chi connectivity index (χ3n) is 4.80. The Morgan fingerprint density at radius 2 is 1.94 bits per heavy atom. The van der Waals surface area contributed by atoms with Crippen molar-refractivity contribution in [2.24, 2.45) is 0 Å². The van der Waals surface area contributed by atoms with E-state index in [4.69, 9.17) is 14.3 Å². The van der Waals surface area contributed by atoms with Gasteiger partial charge in [-0.3, -0.25) is 4.90 Å². The zero-order valence-electron chi connectivity index (χ0n) is 17.9. The largest absolute Gasteiger partial charge is 0.481 e. The van der Waals surface area contributed by atoms with E-state index < -0.39 is 0 Å². The van der Waals surface area contributed by atoms with E-state index in [0.717, 1.165) is 36.6 Å². The molecule has 1 aromatic heterocycles. The zero-order valence-corrected chi connectivity index (χ0v) is 18.7. The van der Waals surface area contributed by atoms with Crippen LogP contribution in [0.25, 0.3) is 0 Å². The second kappa shape index (κ2) is 11.7. The molecular weight excluding hydrogens is 418 g/mol. The first-order chi connectivity index (χ1) is 15.0. The SMILES string of the molecule is COc1ccc2c(n1)CN(Cc1ccc(C(=O)OCCCCO[N+](C)=O)cc1)CCS2. The summed E-state index contributed by atoms with van der Waals surface area (Å²) in [4.78, 5) is 36.1. The van der Waals surface area contributed by atoms with Crippen molar-refractivity contribution in [3.63, 3.8) is 0 Å². The lowest BCUT2D eigenvalue weighted by Crippen LogP contribution is -2.24. The highest BCUT2D eigenvalue weighted by Gasteiger charge is 2.17. The van der Waals surface area contributed by atoms with Gasteiger partial charge in [0.25, 0.3) is 0 Å². The fourth-order valence-corrected chi connectivity index (χ4v) is 4.20. The molecule has 2 aromatic rings. The molecule has 9 heteroatoms. The number of rotatable bonds is 10. The summed E-state index contributed by atoms with van der Waals surface area (Å²) in [7, 11) is 2.92. The summed E-state index contributed by atoms with van der Waals surface area (Å²) >= 11 is 1.82. The van der Waals surface area contributed by atoms with Crippen LogP contribution >= 0.6 is 11.8 Å². The summed E-state index contributed by atoms with van der Waals surface area (Å²) in [5.74, 6) is 1.29. The number of benzene rings is 1. The average Bonchev–Trinajstić information content (AvgIpc) is 2.97. The number of fused-ring (bicyclic) bond motifs is 1. The lowest BCUT2D eigenvalue weighted by Gasteiger charge is -2.20. The molecule has 0 bridgehead atoms. The van der Waals surface area contributed by atoms with Gasteiger partial charge in [0, 0.05) is 36.3 Å². The van der Waals surface area contributed by atoms with Crippen molar-refractivity contribution in [3.8, 4) is 5.88 Å². The molecule has 0 fully saturated rings. The Morgan fingerprint density at radius 1 is 1.16 bits per heavy atom. The van der Waals surface area contributed by atoms with Gasteiger partial charge in [0.2, 0.25) is 17.9 Å². The van der Waals surface area contributed by atoms with E-state index in [1.54, 1.807) is 19.2 Å². The van der Waals surface area contributed by atoms with E-state index in [9.17, 15) is 9.70 Å². The highest BCUT2D eigenvalue weighted by molar-refractivity contribution is 7.99. The van der Waals surface area contributed by atoms with Gasteiger partial charge in [0.15, 0.2) is 6.61 Å². The Kier molecular flexibility index (Phi) is 8.66. The minimum atomic E-state index is -0.343. The Labute approximate surface area is 186 Å². The maximum absolute atomic E-state index is 12.2. The van der Waals surface area contributed by atoms with Gasteiger partial charge in [-0.25, -0.2) is 14.6 Å². The Bertz CT molecular complexity index is 891. The molecule has 1 aromatic carbocycles. The topological polar surface area (TPSA) is 81.0 Å². The van der Waals surface area contributed by atoms with Crippen LogP contribution < -0.4 is 4.74 Å². The van der Waals surface area contributed by atoms with Crippen LogP contribution in [-0.4, -0.2) is 60.4 Å². The summed E-state index contributed by atoms with van der Waals surface area (Å²) in [6.45, 7) is 3.11. The molecule has 0 radical (unpaired) electrons. The molecule has 166 valence electrons. The fraction of sp³-hybridized carbons (Fsp3) is 0.455. The molecule has 0 saturated carbocycles. The van der Waals surface area contributed by atoms with Crippen LogP contribution in [-0.2, 0) is 22.7 Å². The molecule has 0 N–H and O–H groups in total. The minimum absolute atomic E-state index is 0.299. The second-order valence-corrected chi connectivity index (χ2v) is 8.31. The van der Waals surface area contributed by atoms with Crippen LogP contribution in [0.3, 0.4) is 0 Å². The number of pyridine rings is 1. The van der Waals surface area contributed by atoms with Gasteiger partial charge >= 0.3 is 5.97 Å². The molecule has 3 rings (SSSR count). The standard InChI is InChI=1S/C22H28N3O5S/c1-24(27)30-13-4-3-12-29-22(26)18-7-5-17(6-8-18)15-25-11-14-31-20-9-10-21(28-2)23-19(20)16-25/h5-10H,3-4,11-16H2,1-2H3/q+1. The third-order valence-corrected chi connectivity index (χ3v) is 5.86. The Morgan fingerprint density at radius 3 is 2.68 bits per heavy atom. The molecule has 8 nitrogen and oxygen atoms in total. The van der Waals surface area contributed by atoms with E-state index in [1.165, 1.54) is 11.9 Å². The van der Waals surface area contributed by atoms with E-state index in [1.807, 2.05) is 30.0 Å². The zero-order chi connectivity index (χ0) is 22.1. The number of nitrogens with zero attached hydrogens (tertiary/aromatic N) is 3. The molecule has 0 amide bonds. The van der Waals surface area contributed by atoms with Gasteiger partial charge in [-0.2, -0.15) is 0 Å². The first-order valence-corrected chi connectivity index (χ1v) is 11.2. The van der Waals surface area contributed by atoms with Gasteiger partial charge in [0.05, 0.1) is 29.9 Å². The molecule has 1 aliphatic rings. The number of methoxy groups -OCH3 is 1. The predicted molar refractivity (Wildman–Crippen MR) is 117 cm³/mol. The molecule has 0 saturated heterocycles. The van der Waals surface area contributed by atoms with Crippen LogP contribution in [0.2, 0.25) is 0 Å². The van der Waals surface area contributed by atoms with Gasteiger partial charge < -0.3 is 9.47 Å². The summed E-state index contributed by atoms with van der Waals surface area (Å²) in [5, 5.41) is 0. The van der Waals surface area contributed by atoms with E-state index >= 15 is 0 Å². The van der Waals surface area contributed by atoms with E-state index in [0.29, 0.717) is 42.4 Å². The number of carbonyl (C=O) groups is 1. The van der Waals surface area contributed by atoms with E-state index in [-0.39, 0.29) is 5.97 Å². The molecule has 0 spiro atoms. The summed E-state index contributed by atoms with van der Waals surface area (Å²) in [5.41, 5.74) is 2.70. The van der Waals surface area contributed by atoms with Gasteiger partial charge in [-0.05, 0) is 36.6 Å². The molecule has 0 aliphatic carbocycles. The first kappa shape index (κ1) is 23.0. The van der Waals surface area contributed by atoms with Crippen molar-refractivity contribution in [1.82, 2.24) is 9.88 Å². The normalized spacial score (nSPS) is 13.7. The van der Waals surface area contributed by atoms with Crippen LogP contribution in [0, 0.1) is 4.91 Å². The quantitative estimate of drug-likeness (QED) is 0.312. The van der Waals surface area contributed by atoms with Gasteiger partial charge in [-0.15, -0.1) is 11.8 Å². The fourth-order valence-electron chi connectivity index (χ4n) is 3.19. The predicted octanol–water partition coefficient (Wildman–Crippen LogP) is 3.48. The maximum atomic E-state index is 12.2. The van der Waals surface area contributed by atoms with Gasteiger partial charge in [0.1, 0.15) is 0 Å². The molecule has 0 atom stereocenters.